The van der Waals surface area contributed by atoms with Crippen molar-refractivity contribution < 1.29 is 14.3 Å². The number of nitrogens with zero attached hydrogens (tertiary/aromatic N) is 2. The predicted octanol–water partition coefficient (Wildman–Crippen LogP) is 5.33. The number of hydrogen-bond acceptors (Lipinski definition) is 5. The number of para-hydroxylation sites is 1. The van der Waals surface area contributed by atoms with Crippen LogP contribution in [0, 0.1) is 0 Å². The van der Waals surface area contributed by atoms with Crippen LogP contribution in [0.4, 0.5) is 0 Å². The summed E-state index contributed by atoms with van der Waals surface area (Å²) in [4.78, 5) is 32.9. The number of amides is 2. The van der Waals surface area contributed by atoms with Crippen molar-refractivity contribution in [2.45, 2.75) is 18.9 Å². The number of carbonyl (C=O) groups is 2. The minimum Gasteiger partial charge on any atom is -0.497 e. The fraction of sp³-hybridized carbons (Fsp3) is 0.207. The van der Waals surface area contributed by atoms with E-state index in [1.807, 2.05) is 89.8 Å². The van der Waals surface area contributed by atoms with Gasteiger partial charge in [0.15, 0.2) is 0 Å². The SMILES string of the molecule is COc1cccc(/C=C(/CC(=O)N2CCNC(=O)CC2c2ccccc2)c2nc3ccccc3s2)c1. The lowest BCUT2D eigenvalue weighted by Gasteiger charge is -2.30. The fourth-order valence-corrected chi connectivity index (χ4v) is 5.48. The summed E-state index contributed by atoms with van der Waals surface area (Å²) >= 11 is 1.58. The minimum atomic E-state index is -0.311. The molecule has 1 unspecified atom stereocenters. The molecule has 3 aromatic carbocycles. The first kappa shape index (κ1) is 23.8. The molecule has 0 aliphatic carbocycles. The molecule has 0 radical (unpaired) electrons. The summed E-state index contributed by atoms with van der Waals surface area (Å²) in [6.45, 7) is 0.889. The van der Waals surface area contributed by atoms with Crippen molar-refractivity contribution in [2.75, 3.05) is 20.2 Å². The lowest BCUT2D eigenvalue weighted by molar-refractivity contribution is -0.132. The van der Waals surface area contributed by atoms with Crippen molar-refractivity contribution in [1.29, 1.82) is 0 Å². The minimum absolute atomic E-state index is 0.0336. The average Bonchev–Trinajstić information content (AvgIpc) is 3.24. The summed E-state index contributed by atoms with van der Waals surface area (Å²) in [6, 6.07) is 25.2. The molecular formula is C29H27N3O3S. The molecule has 1 saturated heterocycles. The molecule has 4 aromatic rings. The second kappa shape index (κ2) is 10.7. The van der Waals surface area contributed by atoms with Crippen LogP contribution in [0.25, 0.3) is 21.9 Å². The molecule has 36 heavy (non-hydrogen) atoms. The maximum Gasteiger partial charge on any atom is 0.227 e. The molecule has 2 amide bonds. The van der Waals surface area contributed by atoms with Crippen LogP contribution >= 0.6 is 11.3 Å². The third-order valence-corrected chi connectivity index (χ3v) is 7.39. The zero-order chi connectivity index (χ0) is 24.9. The van der Waals surface area contributed by atoms with Crippen LogP contribution in [0.3, 0.4) is 0 Å². The van der Waals surface area contributed by atoms with Crippen molar-refractivity contribution in [1.82, 2.24) is 15.2 Å². The summed E-state index contributed by atoms with van der Waals surface area (Å²) < 4.78 is 6.47. The van der Waals surface area contributed by atoms with Gasteiger partial charge in [0.25, 0.3) is 0 Å². The number of benzene rings is 3. The monoisotopic (exact) mass is 497 g/mol. The third-order valence-electron chi connectivity index (χ3n) is 6.28. The van der Waals surface area contributed by atoms with E-state index in [9.17, 15) is 9.59 Å². The topological polar surface area (TPSA) is 71.5 Å². The van der Waals surface area contributed by atoms with E-state index >= 15 is 0 Å². The van der Waals surface area contributed by atoms with Crippen molar-refractivity contribution in [3.8, 4) is 5.75 Å². The smallest absolute Gasteiger partial charge is 0.227 e. The molecule has 7 heteroatoms. The first-order valence-corrected chi connectivity index (χ1v) is 12.7. The summed E-state index contributed by atoms with van der Waals surface area (Å²) in [6.07, 6.45) is 2.43. The van der Waals surface area contributed by atoms with Gasteiger partial charge in [-0.15, -0.1) is 11.3 Å². The predicted molar refractivity (Wildman–Crippen MR) is 144 cm³/mol. The van der Waals surface area contributed by atoms with E-state index in [0.29, 0.717) is 13.1 Å². The number of aromatic nitrogens is 1. The van der Waals surface area contributed by atoms with Crippen LogP contribution in [0.2, 0.25) is 0 Å². The van der Waals surface area contributed by atoms with Crippen LogP contribution in [-0.4, -0.2) is 41.9 Å². The van der Waals surface area contributed by atoms with E-state index in [4.69, 9.17) is 9.72 Å². The normalized spacial score (nSPS) is 16.5. The number of hydrogen-bond donors (Lipinski definition) is 1. The van der Waals surface area contributed by atoms with Crippen LogP contribution in [0.15, 0.2) is 78.9 Å². The Morgan fingerprint density at radius 1 is 1.11 bits per heavy atom. The van der Waals surface area contributed by atoms with Crippen molar-refractivity contribution >= 4 is 45.0 Å². The summed E-state index contributed by atoms with van der Waals surface area (Å²) in [5.74, 6) is 0.672. The van der Waals surface area contributed by atoms with Gasteiger partial charge in [0, 0.05) is 13.1 Å². The van der Waals surface area contributed by atoms with E-state index in [-0.39, 0.29) is 30.7 Å². The molecule has 5 rings (SSSR count). The Labute approximate surface area is 214 Å². The van der Waals surface area contributed by atoms with Gasteiger partial charge in [-0.2, -0.15) is 0 Å². The Bertz CT molecular complexity index is 1380. The van der Waals surface area contributed by atoms with Gasteiger partial charge < -0.3 is 15.0 Å². The standard InChI is InChI=1S/C29H27N3O3S/c1-35-23-11-7-8-20(17-23)16-22(29-31-24-12-5-6-13-26(24)36-29)18-28(34)32-15-14-30-27(33)19-25(32)21-9-3-2-4-10-21/h2-13,16-17,25H,14-15,18-19H2,1H3,(H,30,33)/b22-16-. The molecule has 1 fully saturated rings. The molecule has 1 aromatic heterocycles. The number of rotatable bonds is 6. The highest BCUT2D eigenvalue weighted by Crippen LogP contribution is 2.33. The van der Waals surface area contributed by atoms with Crippen LogP contribution in [-0.2, 0) is 9.59 Å². The Balaban J connectivity index is 1.51. The largest absolute Gasteiger partial charge is 0.497 e. The molecule has 2 heterocycles. The molecule has 0 bridgehead atoms. The van der Waals surface area contributed by atoms with Gasteiger partial charge in [-0.25, -0.2) is 4.98 Å². The van der Waals surface area contributed by atoms with Crippen molar-refractivity contribution in [3.05, 3.63) is 95.0 Å². The quantitative estimate of drug-likeness (QED) is 0.391. The second-order valence-electron chi connectivity index (χ2n) is 8.68. The van der Waals surface area contributed by atoms with Crippen LogP contribution in [0.5, 0.6) is 5.75 Å². The van der Waals surface area contributed by atoms with Crippen molar-refractivity contribution in [3.63, 3.8) is 0 Å². The van der Waals surface area contributed by atoms with E-state index in [2.05, 4.69) is 5.32 Å². The zero-order valence-corrected chi connectivity index (χ0v) is 20.8. The fourth-order valence-electron chi connectivity index (χ4n) is 4.50. The van der Waals surface area contributed by atoms with Gasteiger partial charge in [-0.1, -0.05) is 54.6 Å². The van der Waals surface area contributed by atoms with E-state index in [0.717, 1.165) is 37.7 Å². The Morgan fingerprint density at radius 2 is 1.92 bits per heavy atom. The van der Waals surface area contributed by atoms with E-state index in [1.165, 1.54) is 0 Å². The van der Waals surface area contributed by atoms with Gasteiger partial charge in [0.1, 0.15) is 10.8 Å². The van der Waals surface area contributed by atoms with Gasteiger partial charge in [0.2, 0.25) is 11.8 Å². The second-order valence-corrected chi connectivity index (χ2v) is 9.71. The first-order valence-electron chi connectivity index (χ1n) is 11.9. The Kier molecular flexibility index (Phi) is 7.09. The van der Waals surface area contributed by atoms with Gasteiger partial charge in [-0.05, 0) is 47.0 Å². The third kappa shape index (κ3) is 5.31. The summed E-state index contributed by atoms with van der Waals surface area (Å²) in [5.41, 5.74) is 3.64. The zero-order valence-electron chi connectivity index (χ0n) is 20.0. The van der Waals surface area contributed by atoms with Gasteiger partial charge in [0.05, 0.1) is 36.2 Å². The number of fused-ring (bicyclic) bond motifs is 1. The van der Waals surface area contributed by atoms with Gasteiger partial charge in [-0.3, -0.25) is 9.59 Å². The molecule has 6 nitrogen and oxygen atoms in total. The number of nitrogens with one attached hydrogen (secondary N) is 1. The lowest BCUT2D eigenvalue weighted by Crippen LogP contribution is -2.36. The molecule has 1 aliphatic rings. The highest BCUT2D eigenvalue weighted by atomic mass is 32.1. The lowest BCUT2D eigenvalue weighted by atomic mass is 10.0. The first-order chi connectivity index (χ1) is 17.6. The molecule has 0 spiro atoms. The maximum atomic E-state index is 13.9. The number of ether oxygens (including phenoxy) is 1. The Hall–Kier alpha value is -3.97. The molecule has 1 aliphatic heterocycles. The van der Waals surface area contributed by atoms with E-state index in [1.54, 1.807) is 18.4 Å². The van der Waals surface area contributed by atoms with Gasteiger partial charge >= 0.3 is 0 Å². The molecule has 1 atom stereocenters. The molecule has 0 saturated carbocycles. The van der Waals surface area contributed by atoms with Crippen molar-refractivity contribution in [2.24, 2.45) is 0 Å². The summed E-state index contributed by atoms with van der Waals surface area (Å²) in [5, 5.41) is 3.73. The van der Waals surface area contributed by atoms with Crippen LogP contribution < -0.4 is 10.1 Å². The summed E-state index contributed by atoms with van der Waals surface area (Å²) in [7, 11) is 1.64. The average molecular weight is 498 g/mol. The molecular weight excluding hydrogens is 470 g/mol. The maximum absolute atomic E-state index is 13.9. The molecule has 182 valence electrons. The highest BCUT2D eigenvalue weighted by molar-refractivity contribution is 7.19. The Morgan fingerprint density at radius 3 is 2.72 bits per heavy atom. The van der Waals surface area contributed by atoms with Crippen LogP contribution in [0.1, 0.15) is 35.0 Å². The number of methoxy groups -OCH3 is 1. The van der Waals surface area contributed by atoms with E-state index < -0.39 is 0 Å². The number of thiazole rings is 1. The highest BCUT2D eigenvalue weighted by Gasteiger charge is 2.30. The molecule has 1 N–H and O–H groups in total. The number of carbonyl (C=O) groups excluding carboxylic acids is 2.